The summed E-state index contributed by atoms with van der Waals surface area (Å²) >= 11 is 1.35. The summed E-state index contributed by atoms with van der Waals surface area (Å²) in [6, 6.07) is 13.1. The first kappa shape index (κ1) is 17.9. The molecule has 0 spiro atoms. The number of aliphatic imine (C=N–C) groups is 1. The number of benzene rings is 1. The molecule has 1 amide bonds. The van der Waals surface area contributed by atoms with Gasteiger partial charge in [-0.05, 0) is 61.0 Å². The van der Waals surface area contributed by atoms with E-state index in [1.807, 2.05) is 56.3 Å². The number of aromatic nitrogens is 1. The normalized spacial score (nSPS) is 17.7. The Morgan fingerprint density at radius 1 is 1.35 bits per heavy atom. The highest BCUT2D eigenvalue weighted by molar-refractivity contribution is 8.18. The first-order valence-corrected chi connectivity index (χ1v) is 9.01. The van der Waals surface area contributed by atoms with Crippen molar-refractivity contribution in [2.45, 2.75) is 13.8 Å². The van der Waals surface area contributed by atoms with E-state index in [1.165, 1.54) is 11.8 Å². The number of anilines is 1. The van der Waals surface area contributed by atoms with Crippen molar-refractivity contribution in [1.29, 1.82) is 0 Å². The van der Waals surface area contributed by atoms with E-state index < -0.39 is 0 Å². The summed E-state index contributed by atoms with van der Waals surface area (Å²) < 4.78 is 0. The van der Waals surface area contributed by atoms with Crippen LogP contribution >= 0.6 is 11.8 Å². The Bertz CT molecular complexity index is 933. The Kier molecular flexibility index (Phi) is 5.23. The number of nitrogen functional groups attached to an aromatic ring is 1. The van der Waals surface area contributed by atoms with Gasteiger partial charge in [-0.2, -0.15) is 0 Å². The zero-order valence-electron chi connectivity index (χ0n) is 14.8. The van der Waals surface area contributed by atoms with Gasteiger partial charge in [-0.3, -0.25) is 9.69 Å². The molecule has 1 aliphatic heterocycles. The fraction of sp³-hybridized carbons (Fsp3) is 0.150. The highest BCUT2D eigenvalue weighted by Crippen LogP contribution is 2.37. The maximum absolute atomic E-state index is 12.9. The van der Waals surface area contributed by atoms with Crippen molar-refractivity contribution >= 4 is 39.9 Å². The van der Waals surface area contributed by atoms with Crippen LogP contribution in [0.3, 0.4) is 0 Å². The Morgan fingerprint density at radius 2 is 2.12 bits per heavy atom. The van der Waals surface area contributed by atoms with Gasteiger partial charge in [-0.25, -0.2) is 9.98 Å². The van der Waals surface area contributed by atoms with Crippen LogP contribution in [-0.2, 0) is 4.79 Å². The quantitative estimate of drug-likeness (QED) is 0.502. The number of hydrogen-bond acceptors (Lipinski definition) is 5. The molecule has 0 bridgehead atoms. The van der Waals surface area contributed by atoms with Crippen molar-refractivity contribution in [3.63, 3.8) is 0 Å². The van der Waals surface area contributed by atoms with Crippen LogP contribution in [0.15, 0.2) is 65.0 Å². The molecule has 26 heavy (non-hydrogen) atoms. The molecule has 1 fully saturated rings. The number of nitrogens with two attached hydrogens (primary N) is 1. The van der Waals surface area contributed by atoms with Crippen LogP contribution in [0.2, 0.25) is 0 Å². The van der Waals surface area contributed by atoms with Crippen molar-refractivity contribution < 1.29 is 4.79 Å². The summed E-state index contributed by atoms with van der Waals surface area (Å²) in [4.78, 5) is 24.2. The third-order valence-corrected chi connectivity index (χ3v) is 5.10. The van der Waals surface area contributed by atoms with E-state index in [0.29, 0.717) is 28.1 Å². The van der Waals surface area contributed by atoms with Gasteiger partial charge in [0.25, 0.3) is 5.91 Å². The molecule has 2 aromatic rings. The fourth-order valence-electron chi connectivity index (χ4n) is 2.60. The van der Waals surface area contributed by atoms with Crippen LogP contribution in [0.4, 0.5) is 11.5 Å². The first-order valence-electron chi connectivity index (χ1n) is 8.19. The minimum absolute atomic E-state index is 0.0822. The van der Waals surface area contributed by atoms with Gasteiger partial charge in [0.15, 0.2) is 11.0 Å². The number of carbonyl (C=O) groups is 1. The van der Waals surface area contributed by atoms with E-state index in [4.69, 9.17) is 5.73 Å². The Balaban J connectivity index is 2.03. The molecular formula is C20H20N4OS. The highest BCUT2D eigenvalue weighted by atomic mass is 32.2. The second-order valence-electron chi connectivity index (χ2n) is 5.92. The molecule has 1 saturated heterocycles. The van der Waals surface area contributed by atoms with Gasteiger partial charge < -0.3 is 5.73 Å². The van der Waals surface area contributed by atoms with Gasteiger partial charge in [-0.1, -0.05) is 24.3 Å². The molecule has 1 aromatic heterocycles. The Morgan fingerprint density at radius 3 is 2.81 bits per heavy atom. The number of rotatable bonds is 4. The first-order chi connectivity index (χ1) is 12.5. The molecule has 3 rings (SSSR count). The van der Waals surface area contributed by atoms with Gasteiger partial charge in [0.1, 0.15) is 0 Å². The summed E-state index contributed by atoms with van der Waals surface area (Å²) in [5.41, 5.74) is 9.23. The number of amidine groups is 1. The summed E-state index contributed by atoms with van der Waals surface area (Å²) in [6.07, 6.45) is 1.69. The molecule has 2 heterocycles. The van der Waals surface area contributed by atoms with Gasteiger partial charge in [0.05, 0.1) is 4.91 Å². The van der Waals surface area contributed by atoms with Gasteiger partial charge in [-0.15, -0.1) is 6.58 Å². The van der Waals surface area contributed by atoms with E-state index in [-0.39, 0.29) is 5.91 Å². The third-order valence-electron chi connectivity index (χ3n) is 3.92. The molecular weight excluding hydrogens is 344 g/mol. The molecule has 0 saturated carbocycles. The van der Waals surface area contributed by atoms with Crippen molar-refractivity contribution in [2.75, 3.05) is 12.3 Å². The Hall–Kier alpha value is -2.86. The largest absolute Gasteiger partial charge is 0.399 e. The lowest BCUT2D eigenvalue weighted by atomic mass is 10.1. The second-order valence-corrected chi connectivity index (χ2v) is 6.90. The van der Waals surface area contributed by atoms with Gasteiger partial charge in [0.2, 0.25) is 0 Å². The summed E-state index contributed by atoms with van der Waals surface area (Å²) in [6.45, 7) is 7.98. The summed E-state index contributed by atoms with van der Waals surface area (Å²) in [5.74, 6) is 0.499. The lowest BCUT2D eigenvalue weighted by molar-refractivity contribution is -0.121. The number of amides is 1. The second kappa shape index (κ2) is 7.58. The molecule has 0 unspecified atom stereocenters. The van der Waals surface area contributed by atoms with E-state index in [9.17, 15) is 4.79 Å². The van der Waals surface area contributed by atoms with Crippen LogP contribution < -0.4 is 5.73 Å². The number of nitrogens with zero attached hydrogens (tertiary/aromatic N) is 3. The Labute approximate surface area is 157 Å². The SMILES string of the molecule is C=CCN1C(=O)/C(=C(\C)c2cccc(N)c2)S/C1=N/c1cccc(C)n1. The number of carbonyl (C=O) groups excluding carboxylic acids is 1. The monoisotopic (exact) mass is 364 g/mol. The van der Waals surface area contributed by atoms with E-state index in [2.05, 4.69) is 16.6 Å². The molecule has 5 nitrogen and oxygen atoms in total. The molecule has 1 aliphatic rings. The minimum atomic E-state index is -0.0822. The van der Waals surface area contributed by atoms with Crippen molar-refractivity contribution in [3.8, 4) is 0 Å². The molecule has 0 radical (unpaired) electrons. The topological polar surface area (TPSA) is 71.6 Å². The number of thioether (sulfide) groups is 1. The number of pyridine rings is 1. The van der Waals surface area contributed by atoms with Crippen molar-refractivity contribution in [3.05, 3.63) is 71.3 Å². The van der Waals surface area contributed by atoms with Gasteiger partial charge >= 0.3 is 0 Å². The summed E-state index contributed by atoms with van der Waals surface area (Å²) in [7, 11) is 0. The van der Waals surface area contributed by atoms with Crippen LogP contribution in [0.5, 0.6) is 0 Å². The van der Waals surface area contributed by atoms with E-state index >= 15 is 0 Å². The number of allylic oxidation sites excluding steroid dienone is 1. The molecule has 0 aliphatic carbocycles. The average molecular weight is 364 g/mol. The number of hydrogen-bond donors (Lipinski definition) is 1. The zero-order chi connectivity index (χ0) is 18.7. The predicted octanol–water partition coefficient (Wildman–Crippen LogP) is 4.15. The van der Waals surface area contributed by atoms with Crippen LogP contribution in [0, 0.1) is 6.92 Å². The predicted molar refractivity (Wildman–Crippen MR) is 109 cm³/mol. The maximum Gasteiger partial charge on any atom is 0.267 e. The molecule has 0 atom stereocenters. The average Bonchev–Trinajstić information content (AvgIpc) is 2.91. The van der Waals surface area contributed by atoms with Crippen LogP contribution in [0.1, 0.15) is 18.2 Å². The minimum Gasteiger partial charge on any atom is -0.399 e. The third kappa shape index (κ3) is 3.70. The van der Waals surface area contributed by atoms with Gasteiger partial charge in [0, 0.05) is 17.9 Å². The lowest BCUT2D eigenvalue weighted by Crippen LogP contribution is -2.29. The van der Waals surface area contributed by atoms with E-state index in [1.54, 1.807) is 11.0 Å². The molecule has 2 N–H and O–H groups in total. The fourth-order valence-corrected chi connectivity index (χ4v) is 3.66. The number of aryl methyl sites for hydroxylation is 1. The van der Waals surface area contributed by atoms with Crippen molar-refractivity contribution in [1.82, 2.24) is 9.88 Å². The lowest BCUT2D eigenvalue weighted by Gasteiger charge is -2.12. The molecule has 1 aromatic carbocycles. The molecule has 132 valence electrons. The van der Waals surface area contributed by atoms with Crippen molar-refractivity contribution in [2.24, 2.45) is 4.99 Å². The maximum atomic E-state index is 12.9. The standard InChI is InChI=1S/C20H20N4OS/c1-4-11-24-19(25)18(14(3)15-8-6-9-16(21)12-15)26-20(24)23-17-10-5-7-13(2)22-17/h4-10,12H,1,11,21H2,2-3H3/b18-14-,23-20+. The smallest absolute Gasteiger partial charge is 0.267 e. The zero-order valence-corrected chi connectivity index (χ0v) is 15.6. The van der Waals surface area contributed by atoms with Crippen LogP contribution in [-0.4, -0.2) is 27.5 Å². The molecule has 6 heteroatoms. The summed E-state index contributed by atoms with van der Waals surface area (Å²) in [5, 5.41) is 0.603. The van der Waals surface area contributed by atoms with Crippen LogP contribution in [0.25, 0.3) is 5.57 Å². The highest BCUT2D eigenvalue weighted by Gasteiger charge is 2.34. The van der Waals surface area contributed by atoms with E-state index in [0.717, 1.165) is 16.8 Å².